The lowest BCUT2D eigenvalue weighted by Crippen LogP contribution is -2.09. The van der Waals surface area contributed by atoms with E-state index in [9.17, 15) is 5.11 Å². The zero-order valence-electron chi connectivity index (χ0n) is 13.0. The van der Waals surface area contributed by atoms with Crippen LogP contribution in [-0.2, 0) is 19.4 Å². The quantitative estimate of drug-likeness (QED) is 0.799. The van der Waals surface area contributed by atoms with Crippen molar-refractivity contribution < 1.29 is 5.11 Å². The van der Waals surface area contributed by atoms with Crippen LogP contribution in [0.1, 0.15) is 53.4 Å². The molecule has 5 rings (SSSR count). The number of nitrogens with zero attached hydrogens (tertiary/aromatic N) is 3. The SMILES string of the molecule is OCc1c(-c2ccc3c(c2)CCC3)nc2sc(C3CCC3)nn12. The van der Waals surface area contributed by atoms with Gasteiger partial charge in [0.15, 0.2) is 0 Å². The number of hydrogen-bond donors (Lipinski definition) is 1. The Balaban J connectivity index is 1.62. The molecule has 0 aliphatic heterocycles. The fourth-order valence-corrected chi connectivity index (χ4v) is 4.80. The topological polar surface area (TPSA) is 50.4 Å². The van der Waals surface area contributed by atoms with E-state index >= 15 is 0 Å². The van der Waals surface area contributed by atoms with E-state index in [1.807, 2.05) is 4.52 Å². The molecule has 1 fully saturated rings. The van der Waals surface area contributed by atoms with Crippen LogP contribution in [0.5, 0.6) is 0 Å². The first-order valence-electron chi connectivity index (χ1n) is 8.45. The molecular weight excluding hydrogens is 306 g/mol. The molecular formula is C18H19N3OS. The Bertz CT molecular complexity index is 891. The Morgan fingerprint density at radius 3 is 2.83 bits per heavy atom. The molecule has 1 aromatic carbocycles. The summed E-state index contributed by atoms with van der Waals surface area (Å²) in [7, 11) is 0. The molecule has 2 aliphatic carbocycles. The van der Waals surface area contributed by atoms with E-state index in [-0.39, 0.29) is 6.61 Å². The highest BCUT2D eigenvalue weighted by Crippen LogP contribution is 2.39. The molecule has 2 aliphatic rings. The van der Waals surface area contributed by atoms with Crippen molar-refractivity contribution in [2.75, 3.05) is 0 Å². The van der Waals surface area contributed by atoms with Gasteiger partial charge in [-0.3, -0.25) is 0 Å². The number of fused-ring (bicyclic) bond motifs is 2. The van der Waals surface area contributed by atoms with Crippen molar-refractivity contribution in [3.05, 3.63) is 40.0 Å². The van der Waals surface area contributed by atoms with Crippen molar-refractivity contribution in [1.82, 2.24) is 14.6 Å². The third-order valence-corrected chi connectivity index (χ3v) is 6.36. The number of benzene rings is 1. The summed E-state index contributed by atoms with van der Waals surface area (Å²) in [6, 6.07) is 6.61. The van der Waals surface area contributed by atoms with Gasteiger partial charge in [-0.25, -0.2) is 9.50 Å². The lowest BCUT2D eigenvalue weighted by atomic mass is 9.86. The first-order chi connectivity index (χ1) is 11.3. The van der Waals surface area contributed by atoms with Crippen LogP contribution in [0.25, 0.3) is 16.2 Å². The lowest BCUT2D eigenvalue weighted by Gasteiger charge is -2.21. The number of rotatable bonds is 3. The molecule has 3 aromatic rings. The highest BCUT2D eigenvalue weighted by atomic mass is 32.1. The van der Waals surface area contributed by atoms with E-state index < -0.39 is 0 Å². The first kappa shape index (κ1) is 13.7. The van der Waals surface area contributed by atoms with E-state index in [2.05, 4.69) is 18.2 Å². The molecule has 0 atom stereocenters. The zero-order valence-corrected chi connectivity index (χ0v) is 13.8. The molecule has 118 valence electrons. The molecule has 0 radical (unpaired) electrons. The smallest absolute Gasteiger partial charge is 0.213 e. The van der Waals surface area contributed by atoms with E-state index in [0.717, 1.165) is 28.3 Å². The molecule has 23 heavy (non-hydrogen) atoms. The molecule has 0 saturated heterocycles. The Kier molecular flexibility index (Phi) is 3.06. The Morgan fingerprint density at radius 2 is 2.04 bits per heavy atom. The van der Waals surface area contributed by atoms with Gasteiger partial charge in [-0.15, -0.1) is 0 Å². The van der Waals surface area contributed by atoms with Crippen LogP contribution < -0.4 is 0 Å². The van der Waals surface area contributed by atoms with Crippen LogP contribution in [0.2, 0.25) is 0 Å². The predicted octanol–water partition coefficient (Wildman–Crippen LogP) is 3.71. The molecule has 2 heterocycles. The number of hydrogen-bond acceptors (Lipinski definition) is 4. The molecule has 2 aromatic heterocycles. The summed E-state index contributed by atoms with van der Waals surface area (Å²) in [5.74, 6) is 0.608. The molecule has 0 spiro atoms. The molecule has 1 saturated carbocycles. The van der Waals surface area contributed by atoms with Crippen LogP contribution in [0, 0.1) is 0 Å². The van der Waals surface area contributed by atoms with Crippen molar-refractivity contribution in [1.29, 1.82) is 0 Å². The normalized spacial score (nSPS) is 17.6. The first-order valence-corrected chi connectivity index (χ1v) is 9.26. The van der Waals surface area contributed by atoms with Gasteiger partial charge in [0, 0.05) is 11.5 Å². The van der Waals surface area contributed by atoms with Crippen LogP contribution in [-0.4, -0.2) is 19.7 Å². The molecule has 4 nitrogen and oxygen atoms in total. The fourth-order valence-electron chi connectivity index (χ4n) is 3.72. The van der Waals surface area contributed by atoms with E-state index in [0.29, 0.717) is 5.92 Å². The summed E-state index contributed by atoms with van der Waals surface area (Å²) < 4.78 is 1.86. The maximum atomic E-state index is 9.88. The minimum absolute atomic E-state index is 0.0264. The van der Waals surface area contributed by atoms with Gasteiger partial charge in [0.1, 0.15) is 5.01 Å². The number of aryl methyl sites for hydroxylation is 2. The summed E-state index contributed by atoms with van der Waals surface area (Å²) in [6.45, 7) is -0.0264. The maximum Gasteiger partial charge on any atom is 0.213 e. The van der Waals surface area contributed by atoms with Crippen molar-refractivity contribution in [2.45, 2.75) is 51.0 Å². The van der Waals surface area contributed by atoms with Crippen molar-refractivity contribution in [3.8, 4) is 11.3 Å². The Morgan fingerprint density at radius 1 is 1.17 bits per heavy atom. The highest BCUT2D eigenvalue weighted by molar-refractivity contribution is 7.16. The van der Waals surface area contributed by atoms with Gasteiger partial charge in [-0.05, 0) is 49.3 Å². The average molecular weight is 325 g/mol. The van der Waals surface area contributed by atoms with Gasteiger partial charge in [0.25, 0.3) is 0 Å². The summed E-state index contributed by atoms with van der Waals surface area (Å²) in [6.07, 6.45) is 7.37. The summed E-state index contributed by atoms with van der Waals surface area (Å²) in [5.41, 5.74) is 5.72. The van der Waals surface area contributed by atoms with Crippen LogP contribution >= 0.6 is 11.3 Å². The summed E-state index contributed by atoms with van der Waals surface area (Å²) in [4.78, 5) is 5.71. The van der Waals surface area contributed by atoms with E-state index in [4.69, 9.17) is 10.1 Å². The average Bonchev–Trinajstić information content (AvgIpc) is 3.17. The van der Waals surface area contributed by atoms with E-state index in [1.165, 1.54) is 48.2 Å². The van der Waals surface area contributed by atoms with Gasteiger partial charge < -0.3 is 5.11 Å². The second-order valence-electron chi connectivity index (χ2n) is 6.66. The Hall–Kier alpha value is -1.72. The van der Waals surface area contributed by atoms with Crippen LogP contribution in [0.15, 0.2) is 18.2 Å². The largest absolute Gasteiger partial charge is 0.390 e. The molecule has 0 bridgehead atoms. The highest BCUT2D eigenvalue weighted by Gasteiger charge is 2.26. The van der Waals surface area contributed by atoms with Gasteiger partial charge in [-0.1, -0.05) is 29.9 Å². The third-order valence-electron chi connectivity index (χ3n) is 5.29. The Labute approximate surface area is 138 Å². The molecule has 0 unspecified atom stereocenters. The summed E-state index contributed by atoms with van der Waals surface area (Å²) >= 11 is 1.68. The predicted molar refractivity (Wildman–Crippen MR) is 90.8 cm³/mol. The van der Waals surface area contributed by atoms with Crippen molar-refractivity contribution in [2.24, 2.45) is 0 Å². The van der Waals surface area contributed by atoms with Gasteiger partial charge in [0.05, 0.1) is 18.0 Å². The zero-order chi connectivity index (χ0) is 15.4. The monoisotopic (exact) mass is 325 g/mol. The maximum absolute atomic E-state index is 9.88. The number of imidazole rings is 1. The second-order valence-corrected chi connectivity index (χ2v) is 7.65. The number of aromatic nitrogens is 3. The minimum atomic E-state index is -0.0264. The van der Waals surface area contributed by atoms with Crippen molar-refractivity contribution >= 4 is 16.3 Å². The molecule has 0 amide bonds. The van der Waals surface area contributed by atoms with Crippen LogP contribution in [0.4, 0.5) is 0 Å². The van der Waals surface area contributed by atoms with Gasteiger partial charge in [-0.2, -0.15) is 5.10 Å². The molecule has 5 heteroatoms. The summed E-state index contributed by atoms with van der Waals surface area (Å²) in [5, 5.41) is 15.8. The third kappa shape index (κ3) is 2.07. The lowest BCUT2D eigenvalue weighted by molar-refractivity contribution is 0.274. The fraction of sp³-hybridized carbons (Fsp3) is 0.444. The number of aliphatic hydroxyl groups is 1. The standard InChI is InChI=1S/C18H19N3OS/c22-10-15-16(14-8-7-11-3-1-6-13(11)9-14)19-18-21(15)20-17(23-18)12-4-2-5-12/h7-9,12,22H,1-6,10H2. The number of aliphatic hydroxyl groups excluding tert-OH is 1. The van der Waals surface area contributed by atoms with Gasteiger partial charge in [0.2, 0.25) is 4.96 Å². The minimum Gasteiger partial charge on any atom is -0.390 e. The second kappa shape index (κ2) is 5.14. The van der Waals surface area contributed by atoms with Crippen molar-refractivity contribution in [3.63, 3.8) is 0 Å². The molecule has 1 N–H and O–H groups in total. The van der Waals surface area contributed by atoms with E-state index in [1.54, 1.807) is 11.3 Å². The van der Waals surface area contributed by atoms with Gasteiger partial charge >= 0.3 is 0 Å². The van der Waals surface area contributed by atoms with Crippen LogP contribution in [0.3, 0.4) is 0 Å².